The van der Waals surface area contributed by atoms with Crippen LogP contribution in [0.5, 0.6) is 0 Å². The molecule has 0 radical (unpaired) electrons. The first-order valence-electron chi connectivity index (χ1n) is 6.09. The minimum atomic E-state index is 0.645. The highest BCUT2D eigenvalue weighted by Gasteiger charge is 2.14. The molecule has 1 aliphatic carbocycles. The summed E-state index contributed by atoms with van der Waals surface area (Å²) in [5.41, 5.74) is 2.83. The topological polar surface area (TPSA) is 0 Å². The molecule has 0 fully saturated rings. The zero-order chi connectivity index (χ0) is 11.3. The minimum Gasteiger partial charge on any atom is -0.0993 e. The van der Waals surface area contributed by atoms with Crippen molar-refractivity contribution in [1.82, 2.24) is 0 Å². The first-order chi connectivity index (χ1) is 7.09. The molecular formula is C15H24. The lowest BCUT2D eigenvalue weighted by molar-refractivity contribution is 0.508. The lowest BCUT2D eigenvalue weighted by atomic mass is 9.84. The van der Waals surface area contributed by atoms with Crippen molar-refractivity contribution in [2.75, 3.05) is 0 Å². The second kappa shape index (κ2) is 5.95. The summed E-state index contributed by atoms with van der Waals surface area (Å²) in [5.74, 6) is 1.42. The van der Waals surface area contributed by atoms with Crippen LogP contribution in [0.2, 0.25) is 0 Å². The fraction of sp³-hybridized carbons (Fsp3) is 0.600. The van der Waals surface area contributed by atoms with Crippen molar-refractivity contribution >= 4 is 0 Å². The van der Waals surface area contributed by atoms with E-state index in [1.807, 2.05) is 0 Å². The summed E-state index contributed by atoms with van der Waals surface area (Å²) in [5, 5.41) is 0. The van der Waals surface area contributed by atoms with Crippen LogP contribution in [0, 0.1) is 11.8 Å². The van der Waals surface area contributed by atoms with Crippen LogP contribution in [-0.4, -0.2) is 0 Å². The van der Waals surface area contributed by atoms with E-state index in [9.17, 15) is 0 Å². The normalized spacial score (nSPS) is 25.0. The van der Waals surface area contributed by atoms with Gasteiger partial charge >= 0.3 is 0 Å². The molecule has 2 unspecified atom stereocenters. The van der Waals surface area contributed by atoms with Gasteiger partial charge in [0.05, 0.1) is 0 Å². The Morgan fingerprint density at radius 3 is 2.60 bits per heavy atom. The van der Waals surface area contributed by atoms with Gasteiger partial charge in [0.25, 0.3) is 0 Å². The number of allylic oxidation sites excluding steroid dienone is 5. The van der Waals surface area contributed by atoms with Crippen LogP contribution >= 0.6 is 0 Å². The van der Waals surface area contributed by atoms with Crippen LogP contribution < -0.4 is 0 Å². The van der Waals surface area contributed by atoms with E-state index in [2.05, 4.69) is 45.6 Å². The summed E-state index contributed by atoms with van der Waals surface area (Å²) in [6.07, 6.45) is 11.9. The number of hydrogen-bond acceptors (Lipinski definition) is 0. The Balaban J connectivity index is 2.35. The van der Waals surface area contributed by atoms with Gasteiger partial charge in [0.2, 0.25) is 0 Å². The predicted octanol–water partition coefficient (Wildman–Crippen LogP) is 4.89. The summed E-state index contributed by atoms with van der Waals surface area (Å²) in [4.78, 5) is 0. The molecule has 1 aliphatic rings. The molecule has 0 spiro atoms. The van der Waals surface area contributed by atoms with Gasteiger partial charge in [-0.3, -0.25) is 0 Å². The third kappa shape index (κ3) is 4.51. The van der Waals surface area contributed by atoms with Gasteiger partial charge in [-0.25, -0.2) is 0 Å². The molecule has 1 rings (SSSR count). The summed E-state index contributed by atoms with van der Waals surface area (Å²) < 4.78 is 0. The van der Waals surface area contributed by atoms with Gasteiger partial charge in [0.15, 0.2) is 0 Å². The van der Waals surface area contributed by atoms with E-state index in [4.69, 9.17) is 0 Å². The molecule has 0 aromatic carbocycles. The van der Waals surface area contributed by atoms with Crippen molar-refractivity contribution in [2.24, 2.45) is 11.8 Å². The Bertz CT molecular complexity index is 264. The molecule has 0 nitrogen and oxygen atoms in total. The van der Waals surface area contributed by atoms with Gasteiger partial charge in [-0.05, 0) is 51.4 Å². The molecule has 0 bridgehead atoms. The molecule has 15 heavy (non-hydrogen) atoms. The van der Waals surface area contributed by atoms with E-state index in [-0.39, 0.29) is 0 Å². The third-order valence-corrected chi connectivity index (χ3v) is 3.15. The van der Waals surface area contributed by atoms with Gasteiger partial charge in [0, 0.05) is 0 Å². The molecule has 0 heterocycles. The van der Waals surface area contributed by atoms with E-state index in [0.717, 1.165) is 18.8 Å². The highest BCUT2D eigenvalue weighted by molar-refractivity contribution is 5.13. The minimum absolute atomic E-state index is 0.645. The zero-order valence-electron chi connectivity index (χ0n) is 10.4. The molecule has 0 saturated heterocycles. The quantitative estimate of drug-likeness (QED) is 0.572. The third-order valence-electron chi connectivity index (χ3n) is 3.15. The maximum atomic E-state index is 4.22. The lowest BCUT2D eigenvalue weighted by Crippen LogP contribution is -2.08. The highest BCUT2D eigenvalue weighted by Crippen LogP contribution is 2.28. The Hall–Kier alpha value is -0.780. The standard InChI is InChI=1S/C15H24/c1-12(2)6-5-7-14(4)15-10-8-13(3)9-11-15/h6,8,10,13,15H,4-5,7,9,11H2,1-3H3. The number of hydrogen-bond donors (Lipinski definition) is 0. The Labute approximate surface area is 94.8 Å². The van der Waals surface area contributed by atoms with Crippen LogP contribution in [0.3, 0.4) is 0 Å². The Morgan fingerprint density at radius 2 is 2.07 bits per heavy atom. The largest absolute Gasteiger partial charge is 0.0993 e. The van der Waals surface area contributed by atoms with Crippen molar-refractivity contribution in [3.63, 3.8) is 0 Å². The maximum absolute atomic E-state index is 4.22. The fourth-order valence-electron chi connectivity index (χ4n) is 2.03. The number of rotatable bonds is 4. The van der Waals surface area contributed by atoms with Gasteiger partial charge < -0.3 is 0 Å². The molecule has 0 aliphatic heterocycles. The van der Waals surface area contributed by atoms with E-state index < -0.39 is 0 Å². The Kier molecular flexibility index (Phi) is 4.87. The van der Waals surface area contributed by atoms with Gasteiger partial charge in [-0.2, -0.15) is 0 Å². The summed E-state index contributed by atoms with van der Waals surface area (Å²) in [6, 6.07) is 0. The van der Waals surface area contributed by atoms with E-state index in [1.54, 1.807) is 0 Å². The van der Waals surface area contributed by atoms with Crippen molar-refractivity contribution in [2.45, 2.75) is 46.5 Å². The van der Waals surface area contributed by atoms with Crippen molar-refractivity contribution in [3.8, 4) is 0 Å². The molecule has 0 aromatic rings. The van der Waals surface area contributed by atoms with Crippen molar-refractivity contribution in [1.29, 1.82) is 0 Å². The van der Waals surface area contributed by atoms with Crippen LogP contribution in [0.25, 0.3) is 0 Å². The van der Waals surface area contributed by atoms with Gasteiger partial charge in [0.1, 0.15) is 0 Å². The Morgan fingerprint density at radius 1 is 1.33 bits per heavy atom. The summed E-state index contributed by atoms with van der Waals surface area (Å²) in [6.45, 7) is 10.8. The molecular weight excluding hydrogens is 180 g/mol. The maximum Gasteiger partial charge on any atom is -0.00256 e. The van der Waals surface area contributed by atoms with Crippen LogP contribution in [-0.2, 0) is 0 Å². The molecule has 0 aromatic heterocycles. The van der Waals surface area contributed by atoms with E-state index in [1.165, 1.54) is 24.0 Å². The monoisotopic (exact) mass is 204 g/mol. The molecule has 2 atom stereocenters. The fourth-order valence-corrected chi connectivity index (χ4v) is 2.03. The molecule has 0 N–H and O–H groups in total. The SMILES string of the molecule is C=C(CCC=C(C)C)C1C=CC(C)CC1. The average Bonchev–Trinajstić information content (AvgIpc) is 2.18. The highest BCUT2D eigenvalue weighted by atomic mass is 14.2. The van der Waals surface area contributed by atoms with Crippen LogP contribution in [0.1, 0.15) is 46.5 Å². The first-order valence-corrected chi connectivity index (χ1v) is 6.09. The van der Waals surface area contributed by atoms with Gasteiger partial charge in [-0.15, -0.1) is 0 Å². The summed E-state index contributed by atoms with van der Waals surface area (Å²) in [7, 11) is 0. The molecule has 0 heteroatoms. The molecule has 0 amide bonds. The van der Waals surface area contributed by atoms with Crippen LogP contribution in [0.15, 0.2) is 36.0 Å². The first kappa shape index (κ1) is 12.3. The lowest BCUT2D eigenvalue weighted by Gasteiger charge is -2.22. The van der Waals surface area contributed by atoms with Crippen LogP contribution in [0.4, 0.5) is 0 Å². The van der Waals surface area contributed by atoms with Crippen molar-refractivity contribution in [3.05, 3.63) is 36.0 Å². The average molecular weight is 204 g/mol. The smallest absolute Gasteiger partial charge is 0.00256 e. The van der Waals surface area contributed by atoms with E-state index >= 15 is 0 Å². The second-order valence-corrected chi connectivity index (χ2v) is 5.02. The summed E-state index contributed by atoms with van der Waals surface area (Å²) >= 11 is 0. The van der Waals surface area contributed by atoms with Gasteiger partial charge in [-0.1, -0.05) is 42.9 Å². The van der Waals surface area contributed by atoms with Crippen molar-refractivity contribution < 1.29 is 0 Å². The van der Waals surface area contributed by atoms with E-state index in [0.29, 0.717) is 5.92 Å². The zero-order valence-corrected chi connectivity index (χ0v) is 10.4. The molecule has 84 valence electrons. The predicted molar refractivity (Wildman–Crippen MR) is 68.8 cm³/mol. The molecule has 0 saturated carbocycles. The second-order valence-electron chi connectivity index (χ2n) is 5.02.